The van der Waals surface area contributed by atoms with Crippen molar-refractivity contribution in [1.29, 1.82) is 0 Å². The van der Waals surface area contributed by atoms with Gasteiger partial charge in [0.2, 0.25) is 0 Å². The molecule has 3 N–H and O–H groups in total. The molecule has 1 amide bonds. The number of fused-ring (bicyclic) bond motifs is 1. The molecule has 5 rings (SSSR count). The Labute approximate surface area is 197 Å². The fourth-order valence-corrected chi connectivity index (χ4v) is 4.14. The number of rotatable bonds is 7. The van der Waals surface area contributed by atoms with E-state index in [1.165, 1.54) is 0 Å². The number of amides is 1. The number of carbonyl (C=O) groups is 1. The fourth-order valence-electron chi connectivity index (χ4n) is 4.14. The minimum atomic E-state index is -0.427. The van der Waals surface area contributed by atoms with E-state index < -0.39 is 6.09 Å². The predicted octanol–water partition coefficient (Wildman–Crippen LogP) is 1.99. The van der Waals surface area contributed by atoms with Crippen molar-refractivity contribution >= 4 is 23.2 Å². The highest BCUT2D eigenvalue weighted by molar-refractivity contribution is 5.72. The number of alkyl carbamates (subject to hydrolysis) is 1. The standard InChI is InChI=1S/C22H30N8O4/c1-14(2)24-22(31)34-16-10-19(33-13-16)17-11-20(27-26-17)25-21-18-9-15(28-30(18)4-3-23-21)12-29-5-7-32-8-6-29/h3-4,9,11,14,16,19H,5-8,10,12-13H2,1-2H3,(H,24,31)(H2,23,25,26,27)/t16-,19-/m1/s1. The molecule has 2 atom stereocenters. The molecule has 2 aliphatic rings. The van der Waals surface area contributed by atoms with Crippen molar-refractivity contribution in [3.8, 4) is 0 Å². The van der Waals surface area contributed by atoms with Crippen LogP contribution in [0.5, 0.6) is 0 Å². The average molecular weight is 471 g/mol. The number of ether oxygens (including phenoxy) is 3. The maximum atomic E-state index is 11.8. The van der Waals surface area contributed by atoms with Crippen LogP contribution in [0.3, 0.4) is 0 Å². The van der Waals surface area contributed by atoms with Crippen molar-refractivity contribution in [2.24, 2.45) is 0 Å². The second kappa shape index (κ2) is 9.95. The van der Waals surface area contributed by atoms with E-state index in [2.05, 4.69) is 35.8 Å². The summed E-state index contributed by atoms with van der Waals surface area (Å²) >= 11 is 0. The normalized spacial score (nSPS) is 21.3. The third-order valence-corrected chi connectivity index (χ3v) is 5.76. The molecule has 34 heavy (non-hydrogen) atoms. The number of anilines is 2. The lowest BCUT2D eigenvalue weighted by atomic mass is 10.1. The third kappa shape index (κ3) is 5.29. The summed E-state index contributed by atoms with van der Waals surface area (Å²) in [7, 11) is 0. The van der Waals surface area contributed by atoms with Gasteiger partial charge in [0.15, 0.2) is 11.6 Å². The van der Waals surface area contributed by atoms with E-state index >= 15 is 0 Å². The summed E-state index contributed by atoms with van der Waals surface area (Å²) in [5.74, 6) is 1.29. The van der Waals surface area contributed by atoms with Crippen LogP contribution in [-0.2, 0) is 20.8 Å². The summed E-state index contributed by atoms with van der Waals surface area (Å²) in [5, 5.41) is 18.1. The number of nitrogens with zero attached hydrogens (tertiary/aromatic N) is 5. The second-order valence-corrected chi connectivity index (χ2v) is 8.85. The Morgan fingerprint density at radius 1 is 1.32 bits per heavy atom. The van der Waals surface area contributed by atoms with Gasteiger partial charge in [-0.2, -0.15) is 10.2 Å². The highest BCUT2D eigenvalue weighted by atomic mass is 16.6. The van der Waals surface area contributed by atoms with Crippen LogP contribution < -0.4 is 10.6 Å². The van der Waals surface area contributed by atoms with Crippen molar-refractivity contribution in [2.45, 2.75) is 45.1 Å². The molecule has 0 saturated carbocycles. The molecule has 0 unspecified atom stereocenters. The molecule has 0 aliphatic carbocycles. The highest BCUT2D eigenvalue weighted by Crippen LogP contribution is 2.31. The zero-order valence-electron chi connectivity index (χ0n) is 19.4. The molecule has 5 heterocycles. The minimum Gasteiger partial charge on any atom is -0.444 e. The van der Waals surface area contributed by atoms with Crippen LogP contribution >= 0.6 is 0 Å². The molecular formula is C22H30N8O4. The number of aromatic amines is 1. The zero-order valence-corrected chi connectivity index (χ0v) is 19.4. The Balaban J connectivity index is 1.22. The number of carbonyl (C=O) groups excluding carboxylic acids is 1. The van der Waals surface area contributed by atoms with Gasteiger partial charge in [-0.3, -0.25) is 10.00 Å². The lowest BCUT2D eigenvalue weighted by molar-refractivity contribution is 0.0336. The van der Waals surface area contributed by atoms with E-state index in [4.69, 9.17) is 14.2 Å². The predicted molar refractivity (Wildman–Crippen MR) is 123 cm³/mol. The van der Waals surface area contributed by atoms with Crippen molar-refractivity contribution < 1.29 is 19.0 Å². The van der Waals surface area contributed by atoms with E-state index in [0.29, 0.717) is 24.7 Å². The van der Waals surface area contributed by atoms with Crippen LogP contribution in [0, 0.1) is 0 Å². The lowest BCUT2D eigenvalue weighted by Gasteiger charge is -2.25. The molecule has 182 valence electrons. The van der Waals surface area contributed by atoms with Crippen LogP contribution in [-0.4, -0.2) is 80.8 Å². The molecule has 2 fully saturated rings. The first-order chi connectivity index (χ1) is 16.5. The summed E-state index contributed by atoms with van der Waals surface area (Å²) in [6, 6.07) is 3.95. The maximum absolute atomic E-state index is 11.8. The van der Waals surface area contributed by atoms with Crippen molar-refractivity contribution in [3.05, 3.63) is 35.9 Å². The summed E-state index contributed by atoms with van der Waals surface area (Å²) in [5.41, 5.74) is 2.66. The van der Waals surface area contributed by atoms with Crippen LogP contribution in [0.25, 0.3) is 5.52 Å². The quantitative estimate of drug-likeness (QED) is 0.474. The molecule has 0 radical (unpaired) electrons. The molecular weight excluding hydrogens is 440 g/mol. The van der Waals surface area contributed by atoms with E-state index in [1.54, 1.807) is 6.20 Å². The molecule has 12 nitrogen and oxygen atoms in total. The summed E-state index contributed by atoms with van der Waals surface area (Å²) in [4.78, 5) is 18.7. The minimum absolute atomic E-state index is 0.0242. The fraction of sp³-hybridized carbons (Fsp3) is 0.545. The average Bonchev–Trinajstić information content (AvgIpc) is 3.54. The Morgan fingerprint density at radius 3 is 3.00 bits per heavy atom. The Bertz CT molecular complexity index is 1120. The first-order valence-electron chi connectivity index (χ1n) is 11.6. The van der Waals surface area contributed by atoms with Gasteiger partial charge < -0.3 is 24.8 Å². The Hall–Kier alpha value is -3.22. The van der Waals surface area contributed by atoms with Crippen LogP contribution in [0.1, 0.15) is 37.8 Å². The number of H-pyrrole nitrogens is 1. The topological polar surface area (TPSA) is 131 Å². The maximum Gasteiger partial charge on any atom is 0.407 e. The molecule has 2 saturated heterocycles. The van der Waals surface area contributed by atoms with Gasteiger partial charge in [-0.05, 0) is 19.9 Å². The first kappa shape index (κ1) is 22.6. The van der Waals surface area contributed by atoms with Gasteiger partial charge in [-0.15, -0.1) is 0 Å². The largest absolute Gasteiger partial charge is 0.444 e. The summed E-state index contributed by atoms with van der Waals surface area (Å²) in [6.45, 7) is 8.22. The molecule has 3 aromatic heterocycles. The van der Waals surface area contributed by atoms with E-state index in [0.717, 1.165) is 49.8 Å². The van der Waals surface area contributed by atoms with Crippen LogP contribution in [0.15, 0.2) is 24.5 Å². The van der Waals surface area contributed by atoms with Crippen LogP contribution in [0.4, 0.5) is 16.4 Å². The lowest BCUT2D eigenvalue weighted by Crippen LogP contribution is -2.35. The molecule has 0 bridgehead atoms. The number of morpholine rings is 1. The smallest absolute Gasteiger partial charge is 0.407 e. The van der Waals surface area contributed by atoms with Gasteiger partial charge in [-0.25, -0.2) is 14.3 Å². The Kier molecular flexibility index (Phi) is 6.61. The monoisotopic (exact) mass is 470 g/mol. The SMILES string of the molecule is CC(C)NC(=O)O[C@H]1CO[C@@H](c2cc(Nc3nccn4nc(CN5CCOCC5)cc34)n[nH]2)C1. The van der Waals surface area contributed by atoms with Gasteiger partial charge in [0, 0.05) is 50.6 Å². The Morgan fingerprint density at radius 2 is 2.18 bits per heavy atom. The number of hydrogen-bond donors (Lipinski definition) is 3. The highest BCUT2D eigenvalue weighted by Gasteiger charge is 2.31. The number of nitrogens with one attached hydrogen (secondary N) is 3. The summed E-state index contributed by atoms with van der Waals surface area (Å²) < 4.78 is 18.5. The molecule has 3 aromatic rings. The zero-order chi connectivity index (χ0) is 23.5. The number of aromatic nitrogens is 5. The number of hydrogen-bond acceptors (Lipinski definition) is 9. The summed E-state index contributed by atoms with van der Waals surface area (Å²) in [6.07, 6.45) is 3.16. The van der Waals surface area contributed by atoms with Crippen molar-refractivity contribution in [2.75, 3.05) is 38.2 Å². The van der Waals surface area contributed by atoms with E-state index in [-0.39, 0.29) is 18.2 Å². The molecule has 2 aliphatic heterocycles. The van der Waals surface area contributed by atoms with Gasteiger partial charge in [-0.1, -0.05) is 0 Å². The van der Waals surface area contributed by atoms with Crippen molar-refractivity contribution in [1.82, 2.24) is 35.0 Å². The van der Waals surface area contributed by atoms with Gasteiger partial charge >= 0.3 is 6.09 Å². The molecule has 0 spiro atoms. The van der Waals surface area contributed by atoms with Gasteiger partial charge in [0.1, 0.15) is 17.7 Å². The van der Waals surface area contributed by atoms with E-state index in [1.807, 2.05) is 36.7 Å². The second-order valence-electron chi connectivity index (χ2n) is 8.85. The van der Waals surface area contributed by atoms with E-state index in [9.17, 15) is 4.79 Å². The van der Waals surface area contributed by atoms with Crippen LogP contribution in [0.2, 0.25) is 0 Å². The van der Waals surface area contributed by atoms with Gasteiger partial charge in [0.05, 0.1) is 31.2 Å². The molecule has 0 aromatic carbocycles. The first-order valence-corrected chi connectivity index (χ1v) is 11.6. The molecule has 12 heteroatoms. The third-order valence-electron chi connectivity index (χ3n) is 5.76. The van der Waals surface area contributed by atoms with Gasteiger partial charge in [0.25, 0.3) is 0 Å². The van der Waals surface area contributed by atoms with Crippen molar-refractivity contribution in [3.63, 3.8) is 0 Å².